The fourth-order valence-electron chi connectivity index (χ4n) is 3.75. The Kier molecular flexibility index (Phi) is 7.76. The van der Waals surface area contributed by atoms with Gasteiger partial charge in [0, 0.05) is 24.2 Å². The molecule has 1 aromatic heterocycles. The number of carbonyl (C=O) groups is 1. The van der Waals surface area contributed by atoms with E-state index in [1.54, 1.807) is 6.92 Å². The minimum absolute atomic E-state index is 0.0167. The summed E-state index contributed by atoms with van der Waals surface area (Å²) in [6, 6.07) is 7.73. The first-order valence-electron chi connectivity index (χ1n) is 11.6. The van der Waals surface area contributed by atoms with Crippen LogP contribution in [0.1, 0.15) is 64.4 Å². The predicted molar refractivity (Wildman–Crippen MR) is 134 cm³/mol. The van der Waals surface area contributed by atoms with Gasteiger partial charge in [-0.3, -0.25) is 14.8 Å². The van der Waals surface area contributed by atoms with Crippen LogP contribution in [-0.4, -0.2) is 45.6 Å². The molecule has 4 N–H and O–H groups in total. The van der Waals surface area contributed by atoms with Gasteiger partial charge < -0.3 is 15.7 Å². The third kappa shape index (κ3) is 5.36. The number of aliphatic hydroxyl groups is 1. The van der Waals surface area contributed by atoms with Gasteiger partial charge in [-0.1, -0.05) is 38.1 Å². The average molecular weight is 456 g/mol. The van der Waals surface area contributed by atoms with Crippen LogP contribution in [0.15, 0.2) is 24.3 Å². The van der Waals surface area contributed by atoms with Gasteiger partial charge in [0.05, 0.1) is 12.6 Å². The van der Waals surface area contributed by atoms with Crippen molar-refractivity contribution in [1.82, 2.24) is 15.5 Å². The van der Waals surface area contributed by atoms with Crippen LogP contribution >= 0.6 is 0 Å². The zero-order valence-corrected chi connectivity index (χ0v) is 20.7. The van der Waals surface area contributed by atoms with Crippen molar-refractivity contribution in [3.05, 3.63) is 35.4 Å². The Morgan fingerprint density at radius 2 is 1.73 bits per heavy atom. The van der Waals surface area contributed by atoms with Crippen molar-refractivity contribution < 1.29 is 9.90 Å². The first kappa shape index (κ1) is 24.7. The first-order valence-corrected chi connectivity index (χ1v) is 11.6. The molecule has 0 unspecified atom stereocenters. The second-order valence-corrected chi connectivity index (χ2v) is 9.34. The standard InChI is InChI=1S/C24H37N7O2/c1-14(2)20(13-32)26-24-27-22(25-12-18-10-8-9-11-19(18)17(7)33)21-23(28-24)31(16(5)6)29-30(21)15(3)4/h8-11,14-16,20,29,32H,12-13H2,1-7H3,(H2,25,26,27,28)/t20-/m0/s1. The summed E-state index contributed by atoms with van der Waals surface area (Å²) in [5.74, 6) is 2.10. The summed E-state index contributed by atoms with van der Waals surface area (Å²) in [6.45, 7) is 14.5. The normalized spacial score (nSPS) is 14.3. The molecule has 0 spiro atoms. The highest BCUT2D eigenvalue weighted by Crippen LogP contribution is 2.40. The Hall–Kier alpha value is -2.91. The van der Waals surface area contributed by atoms with Crippen molar-refractivity contribution in [1.29, 1.82) is 0 Å². The van der Waals surface area contributed by atoms with Gasteiger partial charge in [0.15, 0.2) is 17.4 Å². The number of fused-ring (bicyclic) bond motifs is 1. The van der Waals surface area contributed by atoms with Gasteiger partial charge in [0.2, 0.25) is 5.95 Å². The lowest BCUT2D eigenvalue weighted by atomic mass is 10.0. The molecule has 1 aromatic carbocycles. The maximum absolute atomic E-state index is 12.1. The van der Waals surface area contributed by atoms with Crippen LogP contribution in [0.3, 0.4) is 0 Å². The van der Waals surface area contributed by atoms with Gasteiger partial charge in [-0.25, -0.2) is 0 Å². The van der Waals surface area contributed by atoms with E-state index >= 15 is 0 Å². The van der Waals surface area contributed by atoms with E-state index in [1.165, 1.54) is 0 Å². The summed E-state index contributed by atoms with van der Waals surface area (Å²) >= 11 is 0. The van der Waals surface area contributed by atoms with Gasteiger partial charge in [-0.05, 0) is 46.1 Å². The number of hydrazine groups is 2. The molecule has 2 aromatic rings. The number of anilines is 4. The maximum atomic E-state index is 12.1. The SMILES string of the molecule is CC(=O)c1ccccc1CNc1nc(N[C@@H](CO)C(C)C)nc2c1N(C(C)C)NN2C(C)C. The molecule has 0 amide bonds. The molecule has 0 bridgehead atoms. The van der Waals surface area contributed by atoms with Crippen LogP contribution in [0.5, 0.6) is 0 Å². The molecule has 1 aliphatic rings. The molecule has 9 heteroatoms. The third-order valence-electron chi connectivity index (χ3n) is 5.74. The molecule has 0 aliphatic carbocycles. The largest absolute Gasteiger partial charge is 0.394 e. The number of aliphatic hydroxyl groups excluding tert-OH is 1. The van der Waals surface area contributed by atoms with Crippen LogP contribution in [0, 0.1) is 5.92 Å². The van der Waals surface area contributed by atoms with Crippen molar-refractivity contribution in [2.75, 3.05) is 27.3 Å². The topological polar surface area (TPSA) is 106 Å². The second kappa shape index (κ2) is 10.4. The van der Waals surface area contributed by atoms with Crippen molar-refractivity contribution in [3.8, 4) is 0 Å². The molecule has 2 heterocycles. The maximum Gasteiger partial charge on any atom is 0.227 e. The number of carbonyl (C=O) groups excluding carboxylic acids is 1. The smallest absolute Gasteiger partial charge is 0.227 e. The number of nitrogens with zero attached hydrogens (tertiary/aromatic N) is 4. The van der Waals surface area contributed by atoms with Crippen LogP contribution in [-0.2, 0) is 6.54 Å². The Morgan fingerprint density at radius 3 is 2.30 bits per heavy atom. The zero-order chi connectivity index (χ0) is 24.3. The predicted octanol–water partition coefficient (Wildman–Crippen LogP) is 3.58. The summed E-state index contributed by atoms with van der Waals surface area (Å²) in [5.41, 5.74) is 5.89. The van der Waals surface area contributed by atoms with Gasteiger partial charge in [0.1, 0.15) is 5.69 Å². The summed E-state index contributed by atoms with van der Waals surface area (Å²) in [6.07, 6.45) is 0. The molecule has 0 saturated carbocycles. The summed E-state index contributed by atoms with van der Waals surface area (Å²) < 4.78 is 0. The number of hydrogen-bond donors (Lipinski definition) is 4. The van der Waals surface area contributed by atoms with Gasteiger partial charge in [-0.15, -0.1) is 5.53 Å². The quantitative estimate of drug-likeness (QED) is 0.400. The number of aromatic nitrogens is 2. The third-order valence-corrected chi connectivity index (χ3v) is 5.74. The Labute approximate surface area is 196 Å². The molecule has 3 rings (SSSR count). The number of rotatable bonds is 10. The monoisotopic (exact) mass is 455 g/mol. The van der Waals surface area contributed by atoms with Crippen LogP contribution < -0.4 is 26.2 Å². The van der Waals surface area contributed by atoms with Crippen LogP contribution in [0.2, 0.25) is 0 Å². The lowest BCUT2D eigenvalue weighted by molar-refractivity contribution is 0.101. The molecule has 33 heavy (non-hydrogen) atoms. The van der Waals surface area contributed by atoms with Gasteiger partial charge in [0.25, 0.3) is 0 Å². The highest BCUT2D eigenvalue weighted by molar-refractivity contribution is 5.95. The molecule has 0 fully saturated rings. The number of hydrogen-bond acceptors (Lipinski definition) is 9. The van der Waals surface area contributed by atoms with E-state index in [9.17, 15) is 9.90 Å². The highest BCUT2D eigenvalue weighted by atomic mass is 16.3. The number of nitrogens with one attached hydrogen (secondary N) is 3. The summed E-state index contributed by atoms with van der Waals surface area (Å²) in [7, 11) is 0. The van der Waals surface area contributed by atoms with Crippen molar-refractivity contribution in [3.63, 3.8) is 0 Å². The van der Waals surface area contributed by atoms with E-state index in [1.807, 2.05) is 48.1 Å². The van der Waals surface area contributed by atoms with Crippen molar-refractivity contribution in [2.24, 2.45) is 5.92 Å². The lowest BCUT2D eigenvalue weighted by Crippen LogP contribution is -2.50. The minimum Gasteiger partial charge on any atom is -0.394 e. The van der Waals surface area contributed by atoms with Crippen molar-refractivity contribution in [2.45, 2.75) is 73.1 Å². The summed E-state index contributed by atoms with van der Waals surface area (Å²) in [5, 5.41) is 20.6. The number of benzene rings is 1. The molecule has 9 nitrogen and oxygen atoms in total. The fourth-order valence-corrected chi connectivity index (χ4v) is 3.75. The molecule has 180 valence electrons. The van der Waals surface area contributed by atoms with Gasteiger partial charge >= 0.3 is 0 Å². The van der Waals surface area contributed by atoms with E-state index in [4.69, 9.17) is 9.97 Å². The highest BCUT2D eigenvalue weighted by Gasteiger charge is 2.35. The van der Waals surface area contributed by atoms with Crippen LogP contribution in [0.25, 0.3) is 0 Å². The molecule has 1 atom stereocenters. The Morgan fingerprint density at radius 1 is 1.06 bits per heavy atom. The van der Waals surface area contributed by atoms with E-state index in [0.717, 1.165) is 17.1 Å². The van der Waals surface area contributed by atoms with E-state index in [2.05, 4.69) is 43.9 Å². The zero-order valence-electron chi connectivity index (χ0n) is 20.7. The molecular weight excluding hydrogens is 418 g/mol. The van der Waals surface area contributed by atoms with Crippen molar-refractivity contribution >= 4 is 29.1 Å². The Bertz CT molecular complexity index is 977. The van der Waals surface area contributed by atoms with Crippen LogP contribution in [0.4, 0.5) is 23.3 Å². The van der Waals surface area contributed by atoms with Gasteiger partial charge in [-0.2, -0.15) is 9.97 Å². The van der Waals surface area contributed by atoms with E-state index in [-0.39, 0.29) is 36.4 Å². The molecule has 0 saturated heterocycles. The summed E-state index contributed by atoms with van der Waals surface area (Å²) in [4.78, 5) is 21.7. The molecule has 0 radical (unpaired) electrons. The molecular formula is C24H37N7O2. The molecule has 1 aliphatic heterocycles. The van der Waals surface area contributed by atoms with E-state index in [0.29, 0.717) is 23.9 Å². The van der Waals surface area contributed by atoms with E-state index < -0.39 is 0 Å². The lowest BCUT2D eigenvalue weighted by Gasteiger charge is -2.27. The number of ketones is 1. The second-order valence-electron chi connectivity index (χ2n) is 9.34. The fraction of sp³-hybridized carbons (Fsp3) is 0.542. The average Bonchev–Trinajstić information content (AvgIpc) is 3.16. The first-order chi connectivity index (χ1) is 15.6. The minimum atomic E-state index is -0.169. The Balaban J connectivity index is 2.05. The number of Topliss-reactive ketones (excluding diaryl/α,β-unsaturated/α-hetero) is 1.